The highest BCUT2D eigenvalue weighted by molar-refractivity contribution is 7.91. The SMILES string of the molecule is O=C(O)c1cc(F)c(F)c(S(=O)(=O)CC2CCOC2)c1. The summed E-state index contributed by atoms with van der Waals surface area (Å²) in [6.07, 6.45) is 0.516. The van der Waals surface area contributed by atoms with Crippen LogP contribution in [0.1, 0.15) is 16.8 Å². The van der Waals surface area contributed by atoms with Crippen molar-refractivity contribution in [2.45, 2.75) is 11.3 Å². The van der Waals surface area contributed by atoms with E-state index in [0.717, 1.165) is 0 Å². The van der Waals surface area contributed by atoms with Gasteiger partial charge in [0.15, 0.2) is 21.5 Å². The minimum absolute atomic E-state index is 0.238. The second-order valence-corrected chi connectivity index (χ2v) is 6.59. The van der Waals surface area contributed by atoms with Crippen LogP contribution in [-0.2, 0) is 14.6 Å². The third-order valence-electron chi connectivity index (χ3n) is 3.06. The molecule has 0 amide bonds. The second kappa shape index (κ2) is 5.45. The molecule has 0 spiro atoms. The number of carboxylic acid groups (broad SMARTS) is 1. The average molecular weight is 306 g/mol. The summed E-state index contributed by atoms with van der Waals surface area (Å²) in [6.45, 7) is 0.661. The van der Waals surface area contributed by atoms with E-state index in [9.17, 15) is 22.0 Å². The Labute approximate surface area is 114 Å². The van der Waals surface area contributed by atoms with Crippen molar-refractivity contribution in [3.63, 3.8) is 0 Å². The molecule has 1 saturated heterocycles. The van der Waals surface area contributed by atoms with Crippen molar-refractivity contribution in [2.75, 3.05) is 19.0 Å². The highest BCUT2D eigenvalue weighted by Gasteiger charge is 2.29. The number of ether oxygens (including phenoxy) is 1. The summed E-state index contributed by atoms with van der Waals surface area (Å²) >= 11 is 0. The molecule has 0 aliphatic carbocycles. The van der Waals surface area contributed by atoms with Crippen molar-refractivity contribution in [1.82, 2.24) is 0 Å². The van der Waals surface area contributed by atoms with Gasteiger partial charge in [-0.2, -0.15) is 0 Å². The monoisotopic (exact) mass is 306 g/mol. The molecule has 5 nitrogen and oxygen atoms in total. The van der Waals surface area contributed by atoms with Gasteiger partial charge in [0, 0.05) is 6.61 Å². The van der Waals surface area contributed by atoms with Crippen LogP contribution in [0.5, 0.6) is 0 Å². The Balaban J connectivity index is 2.41. The predicted octanol–water partition coefficient (Wildman–Crippen LogP) is 1.47. The molecule has 1 heterocycles. The van der Waals surface area contributed by atoms with E-state index in [1.807, 2.05) is 0 Å². The summed E-state index contributed by atoms with van der Waals surface area (Å²) in [7, 11) is -4.11. The lowest BCUT2D eigenvalue weighted by atomic mass is 10.2. The second-order valence-electron chi connectivity index (χ2n) is 4.59. The molecule has 0 bridgehead atoms. The molecular weight excluding hydrogens is 294 g/mol. The van der Waals surface area contributed by atoms with E-state index in [4.69, 9.17) is 9.84 Å². The maximum atomic E-state index is 13.6. The molecule has 20 heavy (non-hydrogen) atoms. The third kappa shape index (κ3) is 2.96. The quantitative estimate of drug-likeness (QED) is 0.911. The molecule has 1 aromatic rings. The van der Waals surface area contributed by atoms with Gasteiger partial charge >= 0.3 is 5.97 Å². The van der Waals surface area contributed by atoms with E-state index in [2.05, 4.69) is 0 Å². The highest BCUT2D eigenvalue weighted by Crippen LogP contribution is 2.25. The van der Waals surface area contributed by atoms with E-state index in [-0.39, 0.29) is 12.5 Å². The minimum Gasteiger partial charge on any atom is -0.478 e. The van der Waals surface area contributed by atoms with Crippen LogP contribution in [0.25, 0.3) is 0 Å². The summed E-state index contributed by atoms with van der Waals surface area (Å²) in [5.74, 6) is -5.26. The fraction of sp³-hybridized carbons (Fsp3) is 0.417. The Kier molecular flexibility index (Phi) is 4.05. The zero-order chi connectivity index (χ0) is 14.9. The molecular formula is C12H12F2O5S. The molecule has 1 unspecified atom stereocenters. The highest BCUT2D eigenvalue weighted by atomic mass is 32.2. The minimum atomic E-state index is -4.11. The molecule has 2 rings (SSSR count). The smallest absolute Gasteiger partial charge is 0.335 e. The molecule has 1 aliphatic heterocycles. The first-order valence-corrected chi connectivity index (χ1v) is 7.49. The number of aromatic carboxylic acids is 1. The zero-order valence-corrected chi connectivity index (χ0v) is 11.1. The molecule has 0 aromatic heterocycles. The molecule has 8 heteroatoms. The first-order valence-electron chi connectivity index (χ1n) is 5.84. The molecule has 1 fully saturated rings. The van der Waals surface area contributed by atoms with Gasteiger partial charge < -0.3 is 9.84 Å². The van der Waals surface area contributed by atoms with Crippen LogP contribution in [0, 0.1) is 17.6 Å². The number of halogens is 2. The first kappa shape index (κ1) is 14.9. The van der Waals surface area contributed by atoms with E-state index in [1.54, 1.807) is 0 Å². The molecule has 1 atom stereocenters. The van der Waals surface area contributed by atoms with Crippen LogP contribution in [0.2, 0.25) is 0 Å². The number of benzene rings is 1. The van der Waals surface area contributed by atoms with Crippen molar-refractivity contribution in [3.05, 3.63) is 29.3 Å². The fourth-order valence-electron chi connectivity index (χ4n) is 2.03. The molecule has 1 aromatic carbocycles. The van der Waals surface area contributed by atoms with Crippen molar-refractivity contribution in [3.8, 4) is 0 Å². The Morgan fingerprint density at radius 2 is 2.10 bits per heavy atom. The van der Waals surface area contributed by atoms with Gasteiger partial charge in [-0.15, -0.1) is 0 Å². The summed E-state index contributed by atoms with van der Waals surface area (Å²) in [4.78, 5) is 9.87. The molecule has 1 aliphatic rings. The number of sulfone groups is 1. The summed E-state index contributed by atoms with van der Waals surface area (Å²) in [5, 5.41) is 8.77. The van der Waals surface area contributed by atoms with Crippen LogP contribution in [0.4, 0.5) is 8.78 Å². The Bertz CT molecular complexity index is 635. The average Bonchev–Trinajstić information content (AvgIpc) is 2.83. The molecule has 0 radical (unpaired) electrons. The van der Waals surface area contributed by atoms with E-state index >= 15 is 0 Å². The molecule has 0 saturated carbocycles. The van der Waals surface area contributed by atoms with Crippen molar-refractivity contribution >= 4 is 15.8 Å². The van der Waals surface area contributed by atoms with Crippen LogP contribution in [-0.4, -0.2) is 38.5 Å². The van der Waals surface area contributed by atoms with Crippen LogP contribution in [0.15, 0.2) is 17.0 Å². The van der Waals surface area contributed by atoms with Gasteiger partial charge in [0.05, 0.1) is 17.9 Å². The maximum Gasteiger partial charge on any atom is 0.335 e. The lowest BCUT2D eigenvalue weighted by molar-refractivity contribution is 0.0696. The largest absolute Gasteiger partial charge is 0.478 e. The van der Waals surface area contributed by atoms with Gasteiger partial charge in [0.2, 0.25) is 0 Å². The lowest BCUT2D eigenvalue weighted by Crippen LogP contribution is -2.18. The number of carbonyl (C=O) groups is 1. The van der Waals surface area contributed by atoms with Gasteiger partial charge in [-0.1, -0.05) is 0 Å². The summed E-state index contributed by atoms with van der Waals surface area (Å²) < 4.78 is 56.1. The predicted molar refractivity (Wildman–Crippen MR) is 64.3 cm³/mol. The Morgan fingerprint density at radius 1 is 1.40 bits per heavy atom. The number of rotatable bonds is 4. The van der Waals surface area contributed by atoms with Gasteiger partial charge in [-0.25, -0.2) is 22.0 Å². The number of hydrogen-bond donors (Lipinski definition) is 1. The van der Waals surface area contributed by atoms with Crippen LogP contribution in [0.3, 0.4) is 0 Å². The zero-order valence-electron chi connectivity index (χ0n) is 10.3. The van der Waals surface area contributed by atoms with Gasteiger partial charge in [-0.05, 0) is 24.5 Å². The van der Waals surface area contributed by atoms with E-state index in [0.29, 0.717) is 25.2 Å². The first-order chi connectivity index (χ1) is 9.31. The van der Waals surface area contributed by atoms with Gasteiger partial charge in [-0.3, -0.25) is 0 Å². The summed E-state index contributed by atoms with van der Waals surface area (Å²) in [5.41, 5.74) is -0.606. The van der Waals surface area contributed by atoms with Crippen molar-refractivity contribution < 1.29 is 31.8 Å². The Hall–Kier alpha value is -1.54. The fourth-order valence-corrected chi connectivity index (χ4v) is 3.77. The van der Waals surface area contributed by atoms with E-state index < -0.39 is 43.7 Å². The molecule has 110 valence electrons. The summed E-state index contributed by atoms with van der Waals surface area (Å²) in [6, 6.07) is 1.10. The maximum absolute atomic E-state index is 13.6. The normalized spacial score (nSPS) is 19.2. The van der Waals surface area contributed by atoms with Gasteiger partial charge in [0.25, 0.3) is 0 Å². The van der Waals surface area contributed by atoms with Crippen molar-refractivity contribution in [2.24, 2.45) is 5.92 Å². The standard InChI is InChI=1S/C12H12F2O5S/c13-9-3-8(12(15)16)4-10(11(9)14)20(17,18)6-7-1-2-19-5-7/h3-4,7H,1-2,5-6H2,(H,15,16). The Morgan fingerprint density at radius 3 is 2.65 bits per heavy atom. The number of hydrogen-bond acceptors (Lipinski definition) is 4. The van der Waals surface area contributed by atoms with Crippen LogP contribution < -0.4 is 0 Å². The third-order valence-corrected chi connectivity index (χ3v) is 4.93. The molecule has 1 N–H and O–H groups in total. The van der Waals surface area contributed by atoms with E-state index in [1.165, 1.54) is 0 Å². The lowest BCUT2D eigenvalue weighted by Gasteiger charge is -2.10. The topological polar surface area (TPSA) is 80.7 Å². The number of carboxylic acids is 1. The van der Waals surface area contributed by atoms with Crippen LogP contribution >= 0.6 is 0 Å². The van der Waals surface area contributed by atoms with Gasteiger partial charge in [0.1, 0.15) is 4.90 Å². The van der Waals surface area contributed by atoms with Crippen molar-refractivity contribution in [1.29, 1.82) is 0 Å².